The normalized spacial score (nSPS) is 11.3. The lowest BCUT2D eigenvalue weighted by molar-refractivity contribution is -0.119. The van der Waals surface area contributed by atoms with Crippen molar-refractivity contribution in [2.24, 2.45) is 5.10 Å². The molecule has 0 bridgehead atoms. The van der Waals surface area contributed by atoms with Crippen LogP contribution >= 0.6 is 15.9 Å². The highest BCUT2D eigenvalue weighted by atomic mass is 79.9. The fourth-order valence-electron chi connectivity index (χ4n) is 2.79. The molecule has 3 aromatic rings. The number of hydrogen-bond donors (Lipinski definition) is 2. The average molecular weight is 518 g/mol. The maximum Gasteiger partial charge on any atom is 0.264 e. The third-order valence-corrected chi connectivity index (χ3v) is 6.69. The van der Waals surface area contributed by atoms with E-state index in [2.05, 4.69) is 26.5 Å². The first-order chi connectivity index (χ1) is 15.3. The van der Waals surface area contributed by atoms with Crippen molar-refractivity contribution < 1.29 is 23.1 Å². The summed E-state index contributed by atoms with van der Waals surface area (Å²) in [7, 11) is -2.59. The van der Waals surface area contributed by atoms with Gasteiger partial charge in [0.25, 0.3) is 15.9 Å². The van der Waals surface area contributed by atoms with E-state index in [-0.39, 0.29) is 16.4 Å². The number of para-hydroxylation sites is 1. The second kappa shape index (κ2) is 10.3. The summed E-state index contributed by atoms with van der Waals surface area (Å²) in [5.41, 5.74) is 2.94. The molecule has 0 fully saturated rings. The van der Waals surface area contributed by atoms with E-state index in [9.17, 15) is 18.3 Å². The Morgan fingerprint density at radius 2 is 1.78 bits per heavy atom. The first kappa shape index (κ1) is 23.3. The summed E-state index contributed by atoms with van der Waals surface area (Å²) in [6.45, 7) is -0.500. The van der Waals surface area contributed by atoms with E-state index in [0.717, 1.165) is 8.78 Å². The van der Waals surface area contributed by atoms with Crippen LogP contribution in [0.25, 0.3) is 0 Å². The van der Waals surface area contributed by atoms with Crippen molar-refractivity contribution in [2.45, 2.75) is 4.90 Å². The van der Waals surface area contributed by atoms with E-state index in [1.807, 2.05) is 0 Å². The zero-order valence-electron chi connectivity index (χ0n) is 17.0. The van der Waals surface area contributed by atoms with E-state index < -0.39 is 22.5 Å². The predicted molar refractivity (Wildman–Crippen MR) is 126 cm³/mol. The van der Waals surface area contributed by atoms with Crippen LogP contribution in [-0.2, 0) is 14.8 Å². The number of nitrogens with zero attached hydrogens (tertiary/aromatic N) is 2. The van der Waals surface area contributed by atoms with Crippen molar-refractivity contribution >= 4 is 43.8 Å². The van der Waals surface area contributed by atoms with Gasteiger partial charge < -0.3 is 9.84 Å². The number of halogens is 1. The Kier molecular flexibility index (Phi) is 7.49. The minimum Gasteiger partial charge on any atom is -0.504 e. The van der Waals surface area contributed by atoms with Gasteiger partial charge in [0.15, 0.2) is 11.5 Å². The molecule has 0 saturated carbocycles. The standard InChI is InChI=1S/C22H20BrN3O5S/c1-31-20-9-5-6-16(22(20)28)14-24-25-21(27)15-26(18-12-10-17(23)11-13-18)32(29,30)19-7-3-2-4-8-19/h2-14,28H,15H2,1H3,(H,25,27)/b24-14-. The second-order valence-corrected chi connectivity index (χ2v) is 9.27. The van der Waals surface area contributed by atoms with Crippen LogP contribution < -0.4 is 14.5 Å². The lowest BCUT2D eigenvalue weighted by atomic mass is 10.2. The Bertz CT molecular complexity index is 1220. The van der Waals surface area contributed by atoms with Crippen molar-refractivity contribution in [2.75, 3.05) is 18.0 Å². The number of phenols is 1. The number of sulfonamides is 1. The Morgan fingerprint density at radius 3 is 2.44 bits per heavy atom. The van der Waals surface area contributed by atoms with Gasteiger partial charge in [0.05, 0.1) is 23.9 Å². The number of hydrogen-bond acceptors (Lipinski definition) is 6. The number of amides is 1. The molecule has 8 nitrogen and oxygen atoms in total. The molecule has 1 amide bonds. The number of aromatic hydroxyl groups is 1. The maximum atomic E-state index is 13.2. The first-order valence-electron chi connectivity index (χ1n) is 9.34. The van der Waals surface area contributed by atoms with Gasteiger partial charge in [-0.05, 0) is 48.5 Å². The van der Waals surface area contributed by atoms with E-state index in [1.165, 1.54) is 25.5 Å². The molecular formula is C22H20BrN3O5S. The van der Waals surface area contributed by atoms with Crippen molar-refractivity contribution in [3.63, 3.8) is 0 Å². The number of carbonyl (C=O) groups excluding carboxylic acids is 1. The molecule has 0 spiro atoms. The molecular weight excluding hydrogens is 498 g/mol. The average Bonchev–Trinajstić information content (AvgIpc) is 2.80. The molecule has 0 unspecified atom stereocenters. The van der Waals surface area contributed by atoms with Crippen LogP contribution in [0.3, 0.4) is 0 Å². The summed E-state index contributed by atoms with van der Waals surface area (Å²) in [6.07, 6.45) is 1.24. The van der Waals surface area contributed by atoms with Crippen LogP contribution in [0.5, 0.6) is 11.5 Å². The molecule has 0 heterocycles. The maximum absolute atomic E-state index is 13.2. The lowest BCUT2D eigenvalue weighted by Gasteiger charge is -2.23. The van der Waals surface area contributed by atoms with E-state index in [1.54, 1.807) is 60.7 Å². The highest BCUT2D eigenvalue weighted by Crippen LogP contribution is 2.28. The summed E-state index contributed by atoms with van der Waals surface area (Å²) in [5, 5.41) is 13.9. The van der Waals surface area contributed by atoms with Crippen LogP contribution in [-0.4, -0.2) is 39.3 Å². The van der Waals surface area contributed by atoms with Gasteiger partial charge in [0.1, 0.15) is 6.54 Å². The van der Waals surface area contributed by atoms with Gasteiger partial charge in [0, 0.05) is 10.0 Å². The zero-order valence-corrected chi connectivity index (χ0v) is 19.4. The molecule has 0 atom stereocenters. The van der Waals surface area contributed by atoms with Crippen LogP contribution in [0, 0.1) is 0 Å². The van der Waals surface area contributed by atoms with Gasteiger partial charge in [-0.1, -0.05) is 40.2 Å². The molecule has 0 radical (unpaired) electrons. The molecule has 0 aliphatic heterocycles. The van der Waals surface area contributed by atoms with Crippen molar-refractivity contribution in [1.29, 1.82) is 0 Å². The highest BCUT2D eigenvalue weighted by molar-refractivity contribution is 9.10. The summed E-state index contributed by atoms with van der Waals surface area (Å²) in [5.74, 6) is -0.530. The van der Waals surface area contributed by atoms with E-state index >= 15 is 0 Å². The van der Waals surface area contributed by atoms with Gasteiger partial charge in [-0.25, -0.2) is 13.8 Å². The fraction of sp³-hybridized carbons (Fsp3) is 0.0909. The number of hydrazone groups is 1. The Labute approximate surface area is 194 Å². The van der Waals surface area contributed by atoms with E-state index in [4.69, 9.17) is 4.74 Å². The molecule has 10 heteroatoms. The summed E-state index contributed by atoms with van der Waals surface area (Å²) >= 11 is 3.32. The number of anilines is 1. The minimum atomic E-state index is -4.01. The monoisotopic (exact) mass is 517 g/mol. The van der Waals surface area contributed by atoms with Gasteiger partial charge >= 0.3 is 0 Å². The van der Waals surface area contributed by atoms with Crippen LogP contribution in [0.4, 0.5) is 5.69 Å². The van der Waals surface area contributed by atoms with Crippen LogP contribution in [0.1, 0.15) is 5.56 Å². The van der Waals surface area contributed by atoms with Crippen LogP contribution in [0.2, 0.25) is 0 Å². The topological polar surface area (TPSA) is 108 Å². The quantitative estimate of drug-likeness (QED) is 0.351. The molecule has 32 heavy (non-hydrogen) atoms. The Hall–Kier alpha value is -3.37. The van der Waals surface area contributed by atoms with Gasteiger partial charge in [-0.3, -0.25) is 9.10 Å². The minimum absolute atomic E-state index is 0.0560. The largest absolute Gasteiger partial charge is 0.504 e. The number of carbonyl (C=O) groups is 1. The predicted octanol–water partition coefficient (Wildman–Crippen LogP) is 3.51. The van der Waals surface area contributed by atoms with Crippen LogP contribution in [0.15, 0.2) is 87.3 Å². The van der Waals surface area contributed by atoms with Gasteiger partial charge in [0.2, 0.25) is 0 Å². The van der Waals surface area contributed by atoms with Gasteiger partial charge in [-0.15, -0.1) is 0 Å². The Balaban J connectivity index is 1.82. The van der Waals surface area contributed by atoms with Crippen molar-refractivity contribution in [3.8, 4) is 11.5 Å². The molecule has 2 N–H and O–H groups in total. The smallest absolute Gasteiger partial charge is 0.264 e. The highest BCUT2D eigenvalue weighted by Gasteiger charge is 2.27. The molecule has 0 aliphatic carbocycles. The third-order valence-electron chi connectivity index (χ3n) is 4.38. The lowest BCUT2D eigenvalue weighted by Crippen LogP contribution is -2.39. The fourth-order valence-corrected chi connectivity index (χ4v) is 4.50. The van der Waals surface area contributed by atoms with Crippen molar-refractivity contribution in [3.05, 3.63) is 82.8 Å². The number of benzene rings is 3. The molecule has 0 aliphatic rings. The number of rotatable bonds is 8. The SMILES string of the molecule is COc1cccc(/C=N\NC(=O)CN(c2ccc(Br)cc2)S(=O)(=O)c2ccccc2)c1O. The summed E-state index contributed by atoms with van der Waals surface area (Å²) in [4.78, 5) is 12.6. The molecule has 0 saturated heterocycles. The van der Waals surface area contributed by atoms with Gasteiger partial charge in [-0.2, -0.15) is 5.10 Å². The summed E-state index contributed by atoms with van der Waals surface area (Å²) in [6, 6.07) is 19.2. The number of phenolic OH excluding ortho intramolecular Hbond substituents is 1. The summed E-state index contributed by atoms with van der Waals surface area (Å²) < 4.78 is 33.2. The number of nitrogens with one attached hydrogen (secondary N) is 1. The number of methoxy groups -OCH3 is 1. The van der Waals surface area contributed by atoms with E-state index in [0.29, 0.717) is 11.3 Å². The van der Waals surface area contributed by atoms with Crippen molar-refractivity contribution in [1.82, 2.24) is 5.43 Å². The molecule has 0 aromatic heterocycles. The Morgan fingerprint density at radius 1 is 1.09 bits per heavy atom. The zero-order chi connectivity index (χ0) is 23.1. The molecule has 3 rings (SSSR count). The second-order valence-electron chi connectivity index (χ2n) is 6.49. The third kappa shape index (κ3) is 5.45. The molecule has 166 valence electrons. The first-order valence-corrected chi connectivity index (χ1v) is 11.6. The number of ether oxygens (including phenoxy) is 1. The molecule has 3 aromatic carbocycles.